The van der Waals surface area contributed by atoms with Gasteiger partial charge in [-0.05, 0) is 65.8 Å². The first-order valence-corrected chi connectivity index (χ1v) is 6.43. The third-order valence-corrected chi connectivity index (χ3v) is 4.50. The molecule has 0 saturated heterocycles. The molecule has 3 atom stereocenters. The van der Waals surface area contributed by atoms with Crippen LogP contribution in [0.15, 0.2) is 24.3 Å². The molecule has 0 aromatic heterocycles. The number of hydrogen-bond acceptors (Lipinski definition) is 1. The van der Waals surface area contributed by atoms with Crippen molar-refractivity contribution < 1.29 is 0 Å². The molecule has 2 fully saturated rings. The molecule has 0 amide bonds. The van der Waals surface area contributed by atoms with Crippen LogP contribution in [0.1, 0.15) is 19.3 Å². The van der Waals surface area contributed by atoms with E-state index in [0.29, 0.717) is 0 Å². The Morgan fingerprint density at radius 3 is 2.71 bits per heavy atom. The van der Waals surface area contributed by atoms with E-state index in [-0.39, 0.29) is 0 Å². The summed E-state index contributed by atoms with van der Waals surface area (Å²) in [6.07, 6.45) is 4.30. The Morgan fingerprint density at radius 2 is 2.07 bits per heavy atom. The molecular formula is C12H14IN. The molecule has 0 heterocycles. The summed E-state index contributed by atoms with van der Waals surface area (Å²) < 4.78 is 1.34. The molecule has 3 rings (SSSR count). The zero-order valence-corrected chi connectivity index (χ0v) is 10.2. The third-order valence-electron chi connectivity index (χ3n) is 3.56. The van der Waals surface area contributed by atoms with Gasteiger partial charge in [0.05, 0.1) is 0 Å². The van der Waals surface area contributed by atoms with Gasteiger partial charge in [-0.1, -0.05) is 12.1 Å². The molecule has 2 aliphatic carbocycles. The van der Waals surface area contributed by atoms with E-state index in [1.165, 1.54) is 28.5 Å². The monoisotopic (exact) mass is 299 g/mol. The standard InChI is InChI=1S/C12H14IN/c13-10-3-1-2-4-12(10)14-11-6-5-8-7-9(8)11/h1-4,8-9,11,14H,5-7H2/t8-,9+,11?/m1/s1. The molecule has 1 unspecified atom stereocenters. The van der Waals surface area contributed by atoms with Crippen molar-refractivity contribution in [3.05, 3.63) is 27.8 Å². The Morgan fingerprint density at radius 1 is 1.21 bits per heavy atom. The molecule has 14 heavy (non-hydrogen) atoms. The second-order valence-electron chi connectivity index (χ2n) is 4.47. The summed E-state index contributed by atoms with van der Waals surface area (Å²) in [6.45, 7) is 0. The van der Waals surface area contributed by atoms with Gasteiger partial charge in [0, 0.05) is 15.3 Å². The van der Waals surface area contributed by atoms with E-state index in [1.807, 2.05) is 0 Å². The van der Waals surface area contributed by atoms with Crippen molar-refractivity contribution in [3.63, 3.8) is 0 Å². The summed E-state index contributed by atoms with van der Waals surface area (Å²) in [7, 11) is 0. The summed E-state index contributed by atoms with van der Waals surface area (Å²) in [5.74, 6) is 2.06. The van der Waals surface area contributed by atoms with Crippen molar-refractivity contribution in [2.75, 3.05) is 5.32 Å². The molecule has 74 valence electrons. The maximum absolute atomic E-state index is 3.69. The molecule has 0 radical (unpaired) electrons. The maximum Gasteiger partial charge on any atom is 0.0478 e. The van der Waals surface area contributed by atoms with E-state index >= 15 is 0 Å². The van der Waals surface area contributed by atoms with Crippen LogP contribution in [0.4, 0.5) is 5.69 Å². The van der Waals surface area contributed by atoms with Gasteiger partial charge in [0.15, 0.2) is 0 Å². The Hall–Kier alpha value is -0.250. The van der Waals surface area contributed by atoms with Crippen molar-refractivity contribution in [3.8, 4) is 0 Å². The summed E-state index contributed by atoms with van der Waals surface area (Å²) in [6, 6.07) is 9.33. The van der Waals surface area contributed by atoms with Gasteiger partial charge in [0.25, 0.3) is 0 Å². The van der Waals surface area contributed by atoms with Crippen LogP contribution in [-0.2, 0) is 0 Å². The quantitative estimate of drug-likeness (QED) is 0.824. The predicted octanol–water partition coefficient (Wildman–Crippen LogP) is 3.50. The molecule has 0 bridgehead atoms. The lowest BCUT2D eigenvalue weighted by Gasteiger charge is -2.16. The van der Waals surface area contributed by atoms with Gasteiger partial charge in [-0.2, -0.15) is 0 Å². The van der Waals surface area contributed by atoms with E-state index < -0.39 is 0 Å². The van der Waals surface area contributed by atoms with Crippen molar-refractivity contribution in [1.82, 2.24) is 0 Å². The van der Waals surface area contributed by atoms with Crippen LogP contribution in [0.2, 0.25) is 0 Å². The topological polar surface area (TPSA) is 12.0 Å². The minimum absolute atomic E-state index is 0.760. The Balaban J connectivity index is 1.74. The number of fused-ring (bicyclic) bond motifs is 1. The van der Waals surface area contributed by atoms with Gasteiger partial charge < -0.3 is 5.32 Å². The second-order valence-corrected chi connectivity index (χ2v) is 5.63. The lowest BCUT2D eigenvalue weighted by molar-refractivity contribution is 0.654. The number of anilines is 1. The predicted molar refractivity (Wildman–Crippen MR) is 67.4 cm³/mol. The number of halogens is 1. The van der Waals surface area contributed by atoms with Crippen LogP contribution in [0.25, 0.3) is 0 Å². The average Bonchev–Trinajstić information content (AvgIpc) is 2.87. The van der Waals surface area contributed by atoms with E-state index in [9.17, 15) is 0 Å². The number of nitrogens with one attached hydrogen (secondary N) is 1. The lowest BCUT2D eigenvalue weighted by Crippen LogP contribution is -2.19. The Bertz CT molecular complexity index is 350. The van der Waals surface area contributed by atoms with Gasteiger partial charge in [0.1, 0.15) is 0 Å². The fourth-order valence-corrected chi connectivity index (χ4v) is 3.20. The summed E-state index contributed by atoms with van der Waals surface area (Å²) in [4.78, 5) is 0. The molecular weight excluding hydrogens is 285 g/mol. The van der Waals surface area contributed by atoms with Crippen molar-refractivity contribution in [2.24, 2.45) is 11.8 Å². The van der Waals surface area contributed by atoms with Crippen LogP contribution in [0.3, 0.4) is 0 Å². The number of rotatable bonds is 2. The number of benzene rings is 1. The summed E-state index contributed by atoms with van der Waals surface area (Å²) >= 11 is 2.40. The van der Waals surface area contributed by atoms with Gasteiger partial charge in [0.2, 0.25) is 0 Å². The molecule has 1 aromatic carbocycles. The summed E-state index contributed by atoms with van der Waals surface area (Å²) in [5, 5.41) is 3.69. The fourth-order valence-electron chi connectivity index (χ4n) is 2.66. The Kier molecular flexibility index (Phi) is 2.19. The van der Waals surface area contributed by atoms with Crippen molar-refractivity contribution in [2.45, 2.75) is 25.3 Å². The van der Waals surface area contributed by atoms with Gasteiger partial charge in [-0.15, -0.1) is 0 Å². The molecule has 2 aliphatic rings. The molecule has 0 spiro atoms. The largest absolute Gasteiger partial charge is 0.381 e. The highest BCUT2D eigenvalue weighted by atomic mass is 127. The van der Waals surface area contributed by atoms with Crippen LogP contribution < -0.4 is 5.32 Å². The van der Waals surface area contributed by atoms with Gasteiger partial charge in [-0.3, -0.25) is 0 Å². The zero-order chi connectivity index (χ0) is 9.54. The van der Waals surface area contributed by atoms with Crippen LogP contribution in [0, 0.1) is 15.4 Å². The SMILES string of the molecule is Ic1ccccc1NC1CC[C@@H]2C[C@H]12. The second kappa shape index (κ2) is 3.40. The van der Waals surface area contributed by atoms with E-state index in [2.05, 4.69) is 52.2 Å². The number of hydrogen-bond donors (Lipinski definition) is 1. The van der Waals surface area contributed by atoms with Crippen LogP contribution in [0.5, 0.6) is 0 Å². The van der Waals surface area contributed by atoms with E-state index in [0.717, 1.165) is 17.9 Å². The zero-order valence-electron chi connectivity index (χ0n) is 8.04. The van der Waals surface area contributed by atoms with Gasteiger partial charge in [-0.25, -0.2) is 0 Å². The highest BCUT2D eigenvalue weighted by molar-refractivity contribution is 14.1. The molecule has 2 heteroatoms. The van der Waals surface area contributed by atoms with Crippen molar-refractivity contribution in [1.29, 1.82) is 0 Å². The molecule has 1 aromatic rings. The van der Waals surface area contributed by atoms with E-state index in [4.69, 9.17) is 0 Å². The normalized spacial score (nSPS) is 33.9. The first-order valence-electron chi connectivity index (χ1n) is 5.35. The van der Waals surface area contributed by atoms with Crippen molar-refractivity contribution >= 4 is 28.3 Å². The molecule has 1 nitrogen and oxygen atoms in total. The number of para-hydroxylation sites is 1. The first-order chi connectivity index (χ1) is 6.84. The summed E-state index contributed by atoms with van der Waals surface area (Å²) in [5.41, 5.74) is 1.32. The molecule has 1 N–H and O–H groups in total. The maximum atomic E-state index is 3.69. The minimum atomic E-state index is 0.760. The highest BCUT2D eigenvalue weighted by Gasteiger charge is 2.47. The smallest absolute Gasteiger partial charge is 0.0478 e. The lowest BCUT2D eigenvalue weighted by atomic mass is 10.1. The first kappa shape index (κ1) is 9.01. The third kappa shape index (κ3) is 1.53. The van der Waals surface area contributed by atoms with E-state index in [1.54, 1.807) is 0 Å². The molecule has 0 aliphatic heterocycles. The molecule has 2 saturated carbocycles. The average molecular weight is 299 g/mol. The van der Waals surface area contributed by atoms with Crippen LogP contribution in [-0.4, -0.2) is 6.04 Å². The fraction of sp³-hybridized carbons (Fsp3) is 0.500. The van der Waals surface area contributed by atoms with Crippen LogP contribution >= 0.6 is 22.6 Å². The Labute approximate surface area is 98.4 Å². The minimum Gasteiger partial charge on any atom is -0.381 e. The highest BCUT2D eigenvalue weighted by Crippen LogP contribution is 2.52. The van der Waals surface area contributed by atoms with Gasteiger partial charge >= 0.3 is 0 Å².